The van der Waals surface area contributed by atoms with Crippen molar-refractivity contribution in [2.45, 2.75) is 4.90 Å². The molecule has 0 atom stereocenters. The maximum atomic E-state index is 11.1. The molecule has 3 N–H and O–H groups in total. The summed E-state index contributed by atoms with van der Waals surface area (Å²) in [6, 6.07) is 2.17. The van der Waals surface area contributed by atoms with Gasteiger partial charge in [0, 0.05) is 0 Å². The second kappa shape index (κ2) is 4.75. The quantitative estimate of drug-likeness (QED) is 0.479. The fourth-order valence-corrected chi connectivity index (χ4v) is 3.13. The summed E-state index contributed by atoms with van der Waals surface area (Å²) in [5, 5.41) is 17.6. The third-order valence-corrected chi connectivity index (χ3v) is 3.84. The average molecular weight is 268 g/mol. The third-order valence-electron chi connectivity index (χ3n) is 2.07. The second-order valence-corrected chi connectivity index (χ2v) is 5.66. The normalized spacial score (nSPS) is 11.2. The average Bonchev–Trinajstić information content (AvgIpc) is 2.14. The van der Waals surface area contributed by atoms with Crippen LogP contribution in [0.1, 0.15) is 20.7 Å². The Hall–Kier alpha value is -0.930. The standard InChI is InChI=1S/C8H5O7S.Na/c9-7(10)4-2-1-3-5(8(11)12)6(4)16(13,14)15;/h1-2H,(H,9,10)(H,11,12)(H,13,14,15);. The van der Waals surface area contributed by atoms with Gasteiger partial charge in [0.1, 0.15) is 0 Å². The molecule has 1 aromatic rings. The van der Waals surface area contributed by atoms with Crippen LogP contribution in [0.3, 0.4) is 0 Å². The minimum absolute atomic E-state index is 0.176. The SMILES string of the molecule is O=C(O)c1cc[c]([Na])c(C(=O)O)c1S(=O)(=O)O. The molecular formula is C8H5NaO7S. The summed E-state index contributed by atoms with van der Waals surface area (Å²) in [5.41, 5.74) is -1.44. The topological polar surface area (TPSA) is 129 Å². The Kier molecular flexibility index (Phi) is 3.95. The molecule has 86 valence electrons. The van der Waals surface area contributed by atoms with Crippen molar-refractivity contribution in [2.24, 2.45) is 0 Å². The Morgan fingerprint density at radius 2 is 1.65 bits per heavy atom. The number of hydrogen-bond acceptors (Lipinski definition) is 4. The van der Waals surface area contributed by atoms with Gasteiger partial charge in [0.15, 0.2) is 0 Å². The summed E-state index contributed by atoms with van der Waals surface area (Å²) in [7, 11) is -4.92. The van der Waals surface area contributed by atoms with Crippen LogP contribution in [0.5, 0.6) is 0 Å². The predicted octanol–water partition coefficient (Wildman–Crippen LogP) is -0.876. The van der Waals surface area contributed by atoms with Crippen molar-refractivity contribution >= 4 is 52.8 Å². The number of carboxylic acid groups (broad SMARTS) is 2. The van der Waals surface area contributed by atoms with Gasteiger partial charge in [0.05, 0.1) is 0 Å². The molecule has 7 nitrogen and oxygen atoms in total. The molecule has 0 saturated heterocycles. The molecule has 0 amide bonds. The summed E-state index contributed by atoms with van der Waals surface area (Å²) in [4.78, 5) is 20.7. The van der Waals surface area contributed by atoms with E-state index >= 15 is 0 Å². The molecule has 0 radical (unpaired) electrons. The van der Waals surface area contributed by atoms with Crippen molar-refractivity contribution in [1.29, 1.82) is 0 Å². The first-order valence-electron chi connectivity index (χ1n) is 4.24. The molecule has 0 aliphatic heterocycles. The van der Waals surface area contributed by atoms with Gasteiger partial charge in [0.25, 0.3) is 0 Å². The third kappa shape index (κ3) is 2.85. The number of carboxylic acids is 2. The molecular weight excluding hydrogens is 263 g/mol. The van der Waals surface area contributed by atoms with E-state index < -0.39 is 38.1 Å². The van der Waals surface area contributed by atoms with E-state index in [1.807, 2.05) is 0 Å². The molecule has 0 unspecified atom stereocenters. The van der Waals surface area contributed by atoms with E-state index in [4.69, 9.17) is 14.8 Å². The zero-order chi connectivity index (χ0) is 13.4. The summed E-state index contributed by atoms with van der Waals surface area (Å²) in [6.45, 7) is 0. The maximum absolute atomic E-state index is 11.1. The molecule has 1 rings (SSSR count). The number of carbonyl (C=O) groups is 2. The van der Waals surface area contributed by atoms with Gasteiger partial charge in [-0.15, -0.1) is 0 Å². The van der Waals surface area contributed by atoms with Crippen LogP contribution in [0, 0.1) is 0 Å². The Morgan fingerprint density at radius 3 is 2.00 bits per heavy atom. The van der Waals surface area contributed by atoms with Crippen LogP contribution in [0.4, 0.5) is 0 Å². The summed E-state index contributed by atoms with van der Waals surface area (Å²) >= 11 is 0.200. The number of benzene rings is 1. The van der Waals surface area contributed by atoms with E-state index in [0.29, 0.717) is 0 Å². The number of rotatable bonds is 3. The molecule has 0 aromatic heterocycles. The van der Waals surface area contributed by atoms with Crippen molar-refractivity contribution < 1.29 is 32.8 Å². The number of aromatic carboxylic acids is 2. The van der Waals surface area contributed by atoms with Crippen molar-refractivity contribution in [2.75, 3.05) is 0 Å². The van der Waals surface area contributed by atoms with Gasteiger partial charge in [0.2, 0.25) is 0 Å². The molecule has 1 aromatic carbocycles. The van der Waals surface area contributed by atoms with Crippen molar-refractivity contribution in [1.82, 2.24) is 0 Å². The van der Waals surface area contributed by atoms with E-state index in [1.54, 1.807) is 0 Å². The van der Waals surface area contributed by atoms with Gasteiger partial charge < -0.3 is 0 Å². The monoisotopic (exact) mass is 268 g/mol. The second-order valence-electron chi connectivity index (χ2n) is 3.22. The zero-order valence-corrected chi connectivity index (χ0v) is 11.4. The van der Waals surface area contributed by atoms with Gasteiger partial charge in [-0.3, -0.25) is 0 Å². The molecule has 0 spiro atoms. The van der Waals surface area contributed by atoms with Gasteiger partial charge in [-0.2, -0.15) is 0 Å². The predicted molar refractivity (Wildman–Crippen MR) is 55.6 cm³/mol. The summed E-state index contributed by atoms with van der Waals surface area (Å²) in [6.07, 6.45) is 0. The molecule has 0 fully saturated rings. The fourth-order valence-electron chi connectivity index (χ4n) is 1.38. The van der Waals surface area contributed by atoms with Crippen LogP contribution in [-0.2, 0) is 10.1 Å². The number of hydrogen-bond donors (Lipinski definition) is 3. The van der Waals surface area contributed by atoms with Crippen molar-refractivity contribution in [3.8, 4) is 0 Å². The molecule has 0 aliphatic rings. The molecule has 17 heavy (non-hydrogen) atoms. The van der Waals surface area contributed by atoms with E-state index in [9.17, 15) is 18.0 Å². The Labute approximate surface area is 113 Å². The van der Waals surface area contributed by atoms with Gasteiger partial charge in [-0.25, -0.2) is 0 Å². The molecule has 0 bridgehead atoms. The first-order chi connectivity index (χ1) is 7.66. The van der Waals surface area contributed by atoms with E-state index in [2.05, 4.69) is 0 Å². The Morgan fingerprint density at radius 1 is 1.12 bits per heavy atom. The van der Waals surface area contributed by atoms with Crippen LogP contribution in [0.2, 0.25) is 0 Å². The zero-order valence-electron chi connectivity index (χ0n) is 8.54. The van der Waals surface area contributed by atoms with Crippen LogP contribution < -0.4 is 2.81 Å². The van der Waals surface area contributed by atoms with Crippen LogP contribution in [0.15, 0.2) is 17.0 Å². The Balaban J connectivity index is 3.88. The molecule has 0 saturated carbocycles. The van der Waals surface area contributed by atoms with Crippen molar-refractivity contribution in [3.05, 3.63) is 23.3 Å². The van der Waals surface area contributed by atoms with Crippen LogP contribution in [-0.4, -0.2) is 63.1 Å². The van der Waals surface area contributed by atoms with Gasteiger partial charge in [-0.1, -0.05) is 0 Å². The fraction of sp³-hybridized carbons (Fsp3) is 0. The van der Waals surface area contributed by atoms with Crippen molar-refractivity contribution in [3.63, 3.8) is 0 Å². The summed E-state index contributed by atoms with van der Waals surface area (Å²) in [5.74, 6) is -3.22. The molecule has 0 heterocycles. The van der Waals surface area contributed by atoms with E-state index in [-0.39, 0.29) is 30.7 Å². The minimum atomic E-state index is -4.92. The first kappa shape index (κ1) is 14.1. The van der Waals surface area contributed by atoms with Crippen LogP contribution >= 0.6 is 0 Å². The van der Waals surface area contributed by atoms with E-state index in [1.165, 1.54) is 6.07 Å². The first-order valence-corrected chi connectivity index (χ1v) is 6.68. The Bertz CT molecular complexity index is 605. The van der Waals surface area contributed by atoms with Gasteiger partial charge in [-0.05, 0) is 0 Å². The van der Waals surface area contributed by atoms with E-state index in [0.717, 1.165) is 6.07 Å². The van der Waals surface area contributed by atoms with Crippen LogP contribution in [0.25, 0.3) is 0 Å². The molecule has 9 heteroatoms. The summed E-state index contributed by atoms with van der Waals surface area (Å²) < 4.78 is 31.3. The van der Waals surface area contributed by atoms with Gasteiger partial charge >= 0.3 is 114 Å². The molecule has 0 aliphatic carbocycles.